The van der Waals surface area contributed by atoms with Gasteiger partial charge in [0.2, 0.25) is 11.8 Å². The van der Waals surface area contributed by atoms with Crippen molar-refractivity contribution >= 4 is 17.5 Å². The van der Waals surface area contributed by atoms with Crippen molar-refractivity contribution in [2.75, 3.05) is 13.1 Å². The van der Waals surface area contributed by atoms with Gasteiger partial charge in [0, 0.05) is 48.8 Å². The smallest absolute Gasteiger partial charge is 0.274 e. The SMILES string of the molecule is NC(=O)c1ccc(CN2CCC(NC(=O)C3CCCCC3)CC2)c([N+](=O)[O-])c1. The fourth-order valence-corrected chi connectivity index (χ4v) is 4.18. The molecule has 1 aliphatic heterocycles. The first kappa shape index (κ1) is 20.3. The predicted molar refractivity (Wildman–Crippen MR) is 105 cm³/mol. The number of hydrogen-bond donors (Lipinski definition) is 2. The van der Waals surface area contributed by atoms with Gasteiger partial charge in [-0.25, -0.2) is 0 Å². The molecule has 28 heavy (non-hydrogen) atoms. The zero-order valence-corrected chi connectivity index (χ0v) is 16.1. The Morgan fingerprint density at radius 3 is 2.43 bits per heavy atom. The molecular weight excluding hydrogens is 360 g/mol. The van der Waals surface area contributed by atoms with Crippen molar-refractivity contribution in [2.45, 2.75) is 57.5 Å². The van der Waals surface area contributed by atoms with Crippen LogP contribution in [0.5, 0.6) is 0 Å². The van der Waals surface area contributed by atoms with Gasteiger partial charge in [0.05, 0.1) is 4.92 Å². The Kier molecular flexibility index (Phi) is 6.61. The normalized spacial score (nSPS) is 19.3. The van der Waals surface area contributed by atoms with Crippen LogP contribution in [0.15, 0.2) is 18.2 Å². The number of likely N-dealkylation sites (tertiary alicyclic amines) is 1. The third-order valence-electron chi connectivity index (χ3n) is 5.87. The van der Waals surface area contributed by atoms with E-state index in [-0.39, 0.29) is 29.1 Å². The third-order valence-corrected chi connectivity index (χ3v) is 5.87. The highest BCUT2D eigenvalue weighted by molar-refractivity contribution is 5.93. The molecule has 3 rings (SSSR count). The monoisotopic (exact) mass is 388 g/mol. The van der Waals surface area contributed by atoms with E-state index in [0.717, 1.165) is 51.6 Å². The molecule has 1 aromatic rings. The van der Waals surface area contributed by atoms with Gasteiger partial charge >= 0.3 is 0 Å². The second kappa shape index (κ2) is 9.14. The zero-order chi connectivity index (χ0) is 20.1. The molecule has 3 N–H and O–H groups in total. The van der Waals surface area contributed by atoms with Gasteiger partial charge in [0.15, 0.2) is 0 Å². The third kappa shape index (κ3) is 5.07. The lowest BCUT2D eigenvalue weighted by atomic mass is 9.88. The summed E-state index contributed by atoms with van der Waals surface area (Å²) in [5, 5.41) is 14.5. The number of nitro groups is 1. The Bertz CT molecular complexity index is 738. The van der Waals surface area contributed by atoms with Crippen molar-refractivity contribution in [3.63, 3.8) is 0 Å². The molecular formula is C20H28N4O4. The lowest BCUT2D eigenvalue weighted by Crippen LogP contribution is -2.46. The number of primary amides is 1. The number of nitrogens with two attached hydrogens (primary N) is 1. The lowest BCUT2D eigenvalue weighted by molar-refractivity contribution is -0.385. The van der Waals surface area contributed by atoms with E-state index < -0.39 is 10.8 Å². The minimum Gasteiger partial charge on any atom is -0.366 e. The van der Waals surface area contributed by atoms with Gasteiger partial charge in [0.25, 0.3) is 5.69 Å². The van der Waals surface area contributed by atoms with Gasteiger partial charge in [-0.1, -0.05) is 25.3 Å². The fraction of sp³-hybridized carbons (Fsp3) is 0.600. The first-order valence-corrected chi connectivity index (χ1v) is 10.0. The van der Waals surface area contributed by atoms with Gasteiger partial charge in [-0.2, -0.15) is 0 Å². The number of carbonyl (C=O) groups is 2. The number of nitrogens with one attached hydrogen (secondary N) is 1. The van der Waals surface area contributed by atoms with E-state index >= 15 is 0 Å². The van der Waals surface area contributed by atoms with Crippen LogP contribution in [0.2, 0.25) is 0 Å². The Morgan fingerprint density at radius 1 is 1.14 bits per heavy atom. The molecule has 0 unspecified atom stereocenters. The second-order valence-corrected chi connectivity index (χ2v) is 7.86. The van der Waals surface area contributed by atoms with Crippen LogP contribution in [0.3, 0.4) is 0 Å². The molecule has 1 heterocycles. The molecule has 0 bridgehead atoms. The summed E-state index contributed by atoms with van der Waals surface area (Å²) in [5.41, 5.74) is 5.85. The molecule has 0 aromatic heterocycles. The highest BCUT2D eigenvalue weighted by atomic mass is 16.6. The molecule has 152 valence electrons. The molecule has 2 fully saturated rings. The molecule has 1 saturated heterocycles. The van der Waals surface area contributed by atoms with Gasteiger partial charge < -0.3 is 11.1 Å². The first-order chi connectivity index (χ1) is 13.4. The van der Waals surface area contributed by atoms with E-state index in [1.165, 1.54) is 18.6 Å². The summed E-state index contributed by atoms with van der Waals surface area (Å²) in [6.07, 6.45) is 7.19. The highest BCUT2D eigenvalue weighted by Gasteiger charge is 2.27. The van der Waals surface area contributed by atoms with Crippen molar-refractivity contribution in [3.8, 4) is 0 Å². The summed E-state index contributed by atoms with van der Waals surface area (Å²) < 4.78 is 0. The number of amides is 2. The van der Waals surface area contributed by atoms with E-state index in [4.69, 9.17) is 5.73 Å². The largest absolute Gasteiger partial charge is 0.366 e. The van der Waals surface area contributed by atoms with Crippen LogP contribution >= 0.6 is 0 Å². The number of piperidine rings is 1. The molecule has 8 heteroatoms. The quantitative estimate of drug-likeness (QED) is 0.573. The summed E-state index contributed by atoms with van der Waals surface area (Å²) in [4.78, 5) is 36.7. The number of benzene rings is 1. The lowest BCUT2D eigenvalue weighted by Gasteiger charge is -2.33. The molecule has 1 aromatic carbocycles. The summed E-state index contributed by atoms with van der Waals surface area (Å²) in [6.45, 7) is 1.98. The molecule has 8 nitrogen and oxygen atoms in total. The average molecular weight is 388 g/mol. The van der Waals surface area contributed by atoms with Crippen LogP contribution in [0, 0.1) is 16.0 Å². The van der Waals surface area contributed by atoms with E-state index in [2.05, 4.69) is 10.2 Å². The molecule has 2 aliphatic rings. The predicted octanol–water partition coefficient (Wildman–Crippen LogP) is 2.35. The van der Waals surface area contributed by atoms with Gasteiger partial charge in [-0.15, -0.1) is 0 Å². The van der Waals surface area contributed by atoms with E-state index in [0.29, 0.717) is 12.1 Å². The molecule has 1 aliphatic carbocycles. The number of hydrogen-bond acceptors (Lipinski definition) is 5. The van der Waals surface area contributed by atoms with Gasteiger partial charge in [0.1, 0.15) is 0 Å². The number of nitrogens with zero attached hydrogens (tertiary/aromatic N) is 2. The minimum absolute atomic E-state index is 0.0796. The molecule has 0 spiro atoms. The van der Waals surface area contributed by atoms with Crippen LogP contribution in [0.4, 0.5) is 5.69 Å². The van der Waals surface area contributed by atoms with Crippen LogP contribution in [0.1, 0.15) is 60.9 Å². The minimum atomic E-state index is -0.677. The topological polar surface area (TPSA) is 119 Å². The van der Waals surface area contributed by atoms with E-state index in [9.17, 15) is 19.7 Å². The molecule has 0 atom stereocenters. The van der Waals surface area contributed by atoms with Crippen LogP contribution in [-0.2, 0) is 11.3 Å². The van der Waals surface area contributed by atoms with Crippen molar-refractivity contribution in [1.29, 1.82) is 0 Å². The average Bonchev–Trinajstić information content (AvgIpc) is 2.70. The van der Waals surface area contributed by atoms with Crippen LogP contribution in [-0.4, -0.2) is 40.8 Å². The maximum atomic E-state index is 12.4. The van der Waals surface area contributed by atoms with Crippen molar-refractivity contribution in [1.82, 2.24) is 10.2 Å². The zero-order valence-electron chi connectivity index (χ0n) is 16.1. The van der Waals surface area contributed by atoms with Crippen LogP contribution < -0.4 is 11.1 Å². The standard InChI is InChI=1S/C20H28N4O4/c21-19(25)15-6-7-16(18(12-15)24(27)28)13-23-10-8-17(9-11-23)22-20(26)14-4-2-1-3-5-14/h6-7,12,14,17H,1-5,8-11,13H2,(H2,21,25)(H,22,26). The maximum Gasteiger partial charge on any atom is 0.274 e. The fourth-order valence-electron chi connectivity index (χ4n) is 4.18. The molecule has 0 radical (unpaired) electrons. The Hall–Kier alpha value is -2.48. The summed E-state index contributed by atoms with van der Waals surface area (Å²) >= 11 is 0. The molecule has 1 saturated carbocycles. The maximum absolute atomic E-state index is 12.4. The number of nitro benzene ring substituents is 1. The van der Waals surface area contributed by atoms with Crippen molar-refractivity contribution < 1.29 is 14.5 Å². The van der Waals surface area contributed by atoms with E-state index in [1.807, 2.05) is 0 Å². The Morgan fingerprint density at radius 2 is 1.82 bits per heavy atom. The first-order valence-electron chi connectivity index (χ1n) is 10.0. The van der Waals surface area contributed by atoms with Gasteiger partial charge in [-0.3, -0.25) is 24.6 Å². The van der Waals surface area contributed by atoms with Crippen molar-refractivity contribution in [3.05, 3.63) is 39.4 Å². The highest BCUT2D eigenvalue weighted by Crippen LogP contribution is 2.26. The second-order valence-electron chi connectivity index (χ2n) is 7.86. The number of rotatable bonds is 6. The number of carbonyl (C=O) groups excluding carboxylic acids is 2. The van der Waals surface area contributed by atoms with Gasteiger partial charge in [-0.05, 0) is 31.7 Å². The Labute approximate surface area is 164 Å². The van der Waals surface area contributed by atoms with Crippen molar-refractivity contribution in [2.24, 2.45) is 11.7 Å². The summed E-state index contributed by atoms with van der Waals surface area (Å²) in [7, 11) is 0. The van der Waals surface area contributed by atoms with E-state index in [1.54, 1.807) is 6.07 Å². The molecule has 2 amide bonds. The summed E-state index contributed by atoms with van der Waals surface area (Å²) in [5.74, 6) is -0.321. The summed E-state index contributed by atoms with van der Waals surface area (Å²) in [6, 6.07) is 4.56. The Balaban J connectivity index is 1.53. The van der Waals surface area contributed by atoms with Crippen LogP contribution in [0.25, 0.3) is 0 Å².